The van der Waals surface area contributed by atoms with Crippen LogP contribution in [0, 0.1) is 0 Å². The van der Waals surface area contributed by atoms with E-state index in [-0.39, 0.29) is 6.04 Å². The van der Waals surface area contributed by atoms with Crippen LogP contribution in [-0.2, 0) is 0 Å². The maximum atomic E-state index is 4.52. The predicted octanol–water partition coefficient (Wildman–Crippen LogP) is 4.29. The summed E-state index contributed by atoms with van der Waals surface area (Å²) in [4.78, 5) is 4.52. The van der Waals surface area contributed by atoms with E-state index in [2.05, 4.69) is 59.0 Å². The lowest BCUT2D eigenvalue weighted by molar-refractivity contribution is 0.558. The molecule has 1 heterocycles. The number of benzene rings is 1. The first kappa shape index (κ1) is 16.1. The number of unbranched alkanes of at least 4 members (excludes halogenated alkanes) is 2. The van der Waals surface area contributed by atoms with E-state index >= 15 is 0 Å². The Kier molecular flexibility index (Phi) is 7.33. The van der Waals surface area contributed by atoms with Crippen LogP contribution >= 0.6 is 11.8 Å². The minimum atomic E-state index is 0.188. The molecule has 3 heteroatoms. The molecule has 0 aliphatic rings. The van der Waals surface area contributed by atoms with Gasteiger partial charge in [0.1, 0.15) is 0 Å². The van der Waals surface area contributed by atoms with Crippen LogP contribution < -0.4 is 5.32 Å². The fraction of sp³-hybridized carbons (Fsp3) is 0.389. The van der Waals surface area contributed by atoms with Crippen molar-refractivity contribution in [2.75, 3.05) is 18.6 Å². The molecule has 0 fully saturated rings. The van der Waals surface area contributed by atoms with Crippen molar-refractivity contribution in [1.29, 1.82) is 0 Å². The summed E-state index contributed by atoms with van der Waals surface area (Å²) in [5, 5.41) is 3.66. The summed E-state index contributed by atoms with van der Waals surface area (Å²) in [5.41, 5.74) is 2.37. The Bertz CT molecular complexity index is 448. The van der Waals surface area contributed by atoms with E-state index < -0.39 is 0 Å². The highest BCUT2D eigenvalue weighted by Crippen LogP contribution is 2.19. The molecule has 0 saturated carbocycles. The minimum absolute atomic E-state index is 0.188. The van der Waals surface area contributed by atoms with Crippen molar-refractivity contribution in [3.05, 3.63) is 66.0 Å². The second-order valence-corrected chi connectivity index (χ2v) is 6.09. The highest BCUT2D eigenvalue weighted by Gasteiger charge is 2.13. The number of aromatic nitrogens is 1. The molecule has 0 amide bonds. The van der Waals surface area contributed by atoms with Gasteiger partial charge in [0.05, 0.1) is 11.7 Å². The molecule has 1 aromatic heterocycles. The molecule has 0 spiro atoms. The molecular weight excluding hydrogens is 276 g/mol. The van der Waals surface area contributed by atoms with E-state index in [0.29, 0.717) is 0 Å². The molecule has 0 aliphatic carbocycles. The van der Waals surface area contributed by atoms with Gasteiger partial charge in [0.25, 0.3) is 0 Å². The third-order valence-corrected chi connectivity index (χ3v) is 4.19. The number of nitrogens with one attached hydrogen (secondary N) is 1. The molecule has 2 rings (SSSR count). The van der Waals surface area contributed by atoms with Crippen molar-refractivity contribution in [2.24, 2.45) is 0 Å². The fourth-order valence-corrected chi connectivity index (χ4v) is 2.87. The third-order valence-electron chi connectivity index (χ3n) is 3.49. The molecule has 1 aromatic carbocycles. The van der Waals surface area contributed by atoms with Gasteiger partial charge in [0.15, 0.2) is 0 Å². The van der Waals surface area contributed by atoms with Gasteiger partial charge in [-0.3, -0.25) is 4.98 Å². The van der Waals surface area contributed by atoms with Crippen LogP contribution in [0.4, 0.5) is 0 Å². The Morgan fingerprint density at radius 3 is 2.52 bits per heavy atom. The van der Waals surface area contributed by atoms with Crippen molar-refractivity contribution in [3.63, 3.8) is 0 Å². The second-order valence-electron chi connectivity index (χ2n) is 5.11. The van der Waals surface area contributed by atoms with Gasteiger partial charge in [-0.1, -0.05) is 42.8 Å². The van der Waals surface area contributed by atoms with Crippen molar-refractivity contribution < 1.29 is 0 Å². The summed E-state index contributed by atoms with van der Waals surface area (Å²) in [6.07, 6.45) is 7.85. The van der Waals surface area contributed by atoms with Gasteiger partial charge < -0.3 is 5.32 Å². The van der Waals surface area contributed by atoms with E-state index in [1.165, 1.54) is 30.6 Å². The van der Waals surface area contributed by atoms with Crippen LogP contribution in [0.5, 0.6) is 0 Å². The SMILES string of the molecule is CSCCCCCNC(c1ccccc1)c1ccccn1. The first-order valence-corrected chi connectivity index (χ1v) is 8.99. The molecule has 21 heavy (non-hydrogen) atoms. The highest BCUT2D eigenvalue weighted by atomic mass is 32.2. The van der Waals surface area contributed by atoms with Gasteiger partial charge in [-0.15, -0.1) is 0 Å². The zero-order valence-electron chi connectivity index (χ0n) is 12.7. The van der Waals surface area contributed by atoms with Gasteiger partial charge >= 0.3 is 0 Å². The topological polar surface area (TPSA) is 24.9 Å². The first-order chi connectivity index (χ1) is 10.4. The summed E-state index contributed by atoms with van der Waals surface area (Å²) in [6.45, 7) is 1.03. The van der Waals surface area contributed by atoms with Crippen molar-refractivity contribution in [2.45, 2.75) is 25.3 Å². The molecule has 112 valence electrons. The highest BCUT2D eigenvalue weighted by molar-refractivity contribution is 7.98. The van der Waals surface area contributed by atoms with Crippen LogP contribution in [0.2, 0.25) is 0 Å². The Morgan fingerprint density at radius 2 is 1.81 bits per heavy atom. The summed E-state index contributed by atoms with van der Waals surface area (Å²) in [5.74, 6) is 1.27. The molecule has 1 unspecified atom stereocenters. The zero-order chi connectivity index (χ0) is 14.8. The largest absolute Gasteiger partial charge is 0.305 e. The predicted molar refractivity (Wildman–Crippen MR) is 92.8 cm³/mol. The summed E-state index contributed by atoms with van der Waals surface area (Å²) in [7, 11) is 0. The molecule has 0 aliphatic heterocycles. The number of hydrogen-bond donors (Lipinski definition) is 1. The quantitative estimate of drug-likeness (QED) is 0.699. The van der Waals surface area contributed by atoms with Gasteiger partial charge in [-0.2, -0.15) is 11.8 Å². The molecule has 0 radical (unpaired) electrons. The third kappa shape index (κ3) is 5.52. The van der Waals surface area contributed by atoms with E-state index in [4.69, 9.17) is 0 Å². The number of nitrogens with zero attached hydrogens (tertiary/aromatic N) is 1. The lowest BCUT2D eigenvalue weighted by Gasteiger charge is -2.18. The molecule has 0 bridgehead atoms. The zero-order valence-corrected chi connectivity index (χ0v) is 13.5. The van der Waals surface area contributed by atoms with E-state index in [1.807, 2.05) is 24.0 Å². The van der Waals surface area contributed by atoms with Crippen molar-refractivity contribution in [3.8, 4) is 0 Å². The average molecular weight is 300 g/mol. The maximum Gasteiger partial charge on any atom is 0.0751 e. The van der Waals surface area contributed by atoms with Gasteiger partial charge in [-0.05, 0) is 49.1 Å². The monoisotopic (exact) mass is 300 g/mol. The number of rotatable bonds is 9. The Balaban J connectivity index is 1.94. The van der Waals surface area contributed by atoms with E-state index in [9.17, 15) is 0 Å². The number of hydrogen-bond acceptors (Lipinski definition) is 3. The van der Waals surface area contributed by atoms with Crippen molar-refractivity contribution in [1.82, 2.24) is 10.3 Å². The lowest BCUT2D eigenvalue weighted by atomic mass is 10.0. The van der Waals surface area contributed by atoms with E-state index in [0.717, 1.165) is 12.2 Å². The van der Waals surface area contributed by atoms with Crippen LogP contribution in [0.25, 0.3) is 0 Å². The smallest absolute Gasteiger partial charge is 0.0751 e. The Labute approximate surface area is 132 Å². The van der Waals surface area contributed by atoms with Gasteiger partial charge in [0.2, 0.25) is 0 Å². The molecule has 2 aromatic rings. The number of thioether (sulfide) groups is 1. The van der Waals surface area contributed by atoms with Crippen molar-refractivity contribution >= 4 is 11.8 Å². The molecular formula is C18H24N2S. The van der Waals surface area contributed by atoms with Crippen LogP contribution in [-0.4, -0.2) is 23.5 Å². The summed E-state index contributed by atoms with van der Waals surface area (Å²) in [6, 6.07) is 16.9. The van der Waals surface area contributed by atoms with Gasteiger partial charge in [-0.25, -0.2) is 0 Å². The Morgan fingerprint density at radius 1 is 1.00 bits per heavy atom. The second kappa shape index (κ2) is 9.59. The van der Waals surface area contributed by atoms with Crippen LogP contribution in [0.15, 0.2) is 54.7 Å². The molecule has 1 N–H and O–H groups in total. The molecule has 1 atom stereocenters. The molecule has 0 saturated heterocycles. The number of pyridine rings is 1. The van der Waals surface area contributed by atoms with Gasteiger partial charge in [0, 0.05) is 6.20 Å². The van der Waals surface area contributed by atoms with Crippen LogP contribution in [0.3, 0.4) is 0 Å². The standard InChI is InChI=1S/C18H24N2S/c1-21-15-9-3-7-14-20-18(16-10-4-2-5-11-16)17-12-6-8-13-19-17/h2,4-6,8,10-13,18,20H,3,7,9,14-15H2,1H3. The lowest BCUT2D eigenvalue weighted by Crippen LogP contribution is -2.24. The average Bonchev–Trinajstić information content (AvgIpc) is 2.56. The fourth-order valence-electron chi connectivity index (χ4n) is 2.38. The Hall–Kier alpha value is -1.32. The maximum absolute atomic E-state index is 4.52. The van der Waals surface area contributed by atoms with Crippen LogP contribution in [0.1, 0.15) is 36.6 Å². The minimum Gasteiger partial charge on any atom is -0.305 e. The molecule has 2 nitrogen and oxygen atoms in total. The summed E-state index contributed by atoms with van der Waals surface area (Å²) < 4.78 is 0. The normalized spacial score (nSPS) is 12.2. The van der Waals surface area contributed by atoms with E-state index in [1.54, 1.807) is 0 Å². The first-order valence-electron chi connectivity index (χ1n) is 7.60. The summed E-state index contributed by atoms with van der Waals surface area (Å²) >= 11 is 1.93.